The summed E-state index contributed by atoms with van der Waals surface area (Å²) < 4.78 is 5.86. The van der Waals surface area contributed by atoms with Gasteiger partial charge in [-0.3, -0.25) is 4.90 Å². The Bertz CT molecular complexity index is 449. The van der Waals surface area contributed by atoms with Gasteiger partial charge < -0.3 is 10.1 Å². The molecule has 2 aliphatic rings. The molecule has 0 amide bonds. The van der Waals surface area contributed by atoms with E-state index in [1.807, 2.05) is 0 Å². The van der Waals surface area contributed by atoms with Gasteiger partial charge in [0.25, 0.3) is 0 Å². The number of fused-ring (bicyclic) bond motifs is 1. The number of likely N-dealkylation sites (N-methyl/N-ethyl adjacent to an activating group) is 1. The molecule has 1 aliphatic heterocycles. The molecule has 3 heteroatoms. The molecule has 1 N–H and O–H groups in total. The van der Waals surface area contributed by atoms with Crippen LogP contribution < -0.4 is 5.32 Å². The lowest BCUT2D eigenvalue weighted by molar-refractivity contribution is -0.0253. The number of hydrogen-bond acceptors (Lipinski definition) is 3. The molecule has 116 valence electrons. The van der Waals surface area contributed by atoms with Gasteiger partial charge in [0.2, 0.25) is 0 Å². The quantitative estimate of drug-likeness (QED) is 0.900. The van der Waals surface area contributed by atoms with E-state index in [9.17, 15) is 0 Å². The Balaban J connectivity index is 1.48. The third-order valence-electron chi connectivity index (χ3n) is 4.93. The molecule has 1 fully saturated rings. The maximum Gasteiger partial charge on any atom is 0.0826 e. The molecule has 0 bridgehead atoms. The third kappa shape index (κ3) is 3.85. The van der Waals surface area contributed by atoms with Crippen molar-refractivity contribution in [1.82, 2.24) is 10.2 Å². The zero-order chi connectivity index (χ0) is 14.5. The number of morpholine rings is 1. The fourth-order valence-electron chi connectivity index (χ4n) is 3.68. The van der Waals surface area contributed by atoms with Crippen LogP contribution in [0.5, 0.6) is 0 Å². The lowest BCUT2D eigenvalue weighted by Crippen LogP contribution is -2.46. The van der Waals surface area contributed by atoms with Gasteiger partial charge >= 0.3 is 0 Å². The monoisotopic (exact) mass is 288 g/mol. The summed E-state index contributed by atoms with van der Waals surface area (Å²) in [6, 6.07) is 8.96. The van der Waals surface area contributed by atoms with E-state index in [0.29, 0.717) is 12.0 Å². The normalized spacial score (nSPS) is 26.5. The van der Waals surface area contributed by atoms with Crippen LogP contribution in [-0.4, -0.2) is 50.3 Å². The van der Waals surface area contributed by atoms with Crippen LogP contribution in [0.2, 0.25) is 0 Å². The molecule has 1 aromatic rings. The Morgan fingerprint density at radius 2 is 2.19 bits per heavy atom. The predicted octanol–water partition coefficient (Wildman–Crippen LogP) is 2.42. The Hall–Kier alpha value is -0.900. The molecule has 0 saturated carbocycles. The molecule has 0 spiro atoms. The first kappa shape index (κ1) is 15.0. The smallest absolute Gasteiger partial charge is 0.0826 e. The number of benzene rings is 1. The topological polar surface area (TPSA) is 24.5 Å². The lowest BCUT2D eigenvalue weighted by atomic mass is 9.83. The van der Waals surface area contributed by atoms with E-state index in [1.165, 1.54) is 19.3 Å². The highest BCUT2D eigenvalue weighted by Gasteiger charge is 2.21. The van der Waals surface area contributed by atoms with Gasteiger partial charge in [0.15, 0.2) is 0 Å². The van der Waals surface area contributed by atoms with E-state index in [4.69, 9.17) is 4.74 Å². The molecule has 1 aliphatic carbocycles. The second kappa shape index (κ2) is 7.39. The molecule has 3 rings (SSSR count). The van der Waals surface area contributed by atoms with Gasteiger partial charge in [0.05, 0.1) is 12.7 Å². The molecule has 3 nitrogen and oxygen atoms in total. The van der Waals surface area contributed by atoms with Crippen LogP contribution in [-0.2, 0) is 11.2 Å². The Morgan fingerprint density at radius 3 is 3.10 bits per heavy atom. The van der Waals surface area contributed by atoms with Crippen molar-refractivity contribution in [3.05, 3.63) is 35.4 Å². The average Bonchev–Trinajstić information content (AvgIpc) is 2.55. The van der Waals surface area contributed by atoms with Crippen molar-refractivity contribution in [2.45, 2.75) is 38.2 Å². The minimum atomic E-state index is 0.359. The summed E-state index contributed by atoms with van der Waals surface area (Å²) in [5.41, 5.74) is 3.12. The van der Waals surface area contributed by atoms with Gasteiger partial charge in [-0.15, -0.1) is 0 Å². The van der Waals surface area contributed by atoms with E-state index >= 15 is 0 Å². The summed E-state index contributed by atoms with van der Waals surface area (Å²) in [5.74, 6) is 0.681. The highest BCUT2D eigenvalue weighted by atomic mass is 16.5. The molecular weight excluding hydrogens is 260 g/mol. The highest BCUT2D eigenvalue weighted by Crippen LogP contribution is 2.30. The summed E-state index contributed by atoms with van der Waals surface area (Å²) in [6.45, 7) is 8.48. The summed E-state index contributed by atoms with van der Waals surface area (Å²) in [4.78, 5) is 2.48. The van der Waals surface area contributed by atoms with Gasteiger partial charge in [-0.1, -0.05) is 31.2 Å². The second-order valence-corrected chi connectivity index (χ2v) is 6.33. The Kier molecular flexibility index (Phi) is 5.28. The Labute approximate surface area is 128 Å². The van der Waals surface area contributed by atoms with Crippen LogP contribution in [0, 0.1) is 0 Å². The van der Waals surface area contributed by atoms with E-state index in [-0.39, 0.29) is 0 Å². The van der Waals surface area contributed by atoms with Gasteiger partial charge in [-0.25, -0.2) is 0 Å². The zero-order valence-electron chi connectivity index (χ0n) is 13.2. The maximum absolute atomic E-state index is 5.86. The second-order valence-electron chi connectivity index (χ2n) is 6.33. The van der Waals surface area contributed by atoms with Crippen molar-refractivity contribution < 1.29 is 4.74 Å². The fraction of sp³-hybridized carbons (Fsp3) is 0.667. The van der Waals surface area contributed by atoms with Crippen molar-refractivity contribution in [3.8, 4) is 0 Å². The summed E-state index contributed by atoms with van der Waals surface area (Å²) in [6.07, 6.45) is 4.26. The van der Waals surface area contributed by atoms with Crippen LogP contribution in [0.15, 0.2) is 24.3 Å². The molecule has 0 radical (unpaired) electrons. The summed E-state index contributed by atoms with van der Waals surface area (Å²) in [5, 5.41) is 3.66. The first-order valence-corrected chi connectivity index (χ1v) is 8.49. The minimum Gasteiger partial charge on any atom is -0.374 e. The summed E-state index contributed by atoms with van der Waals surface area (Å²) >= 11 is 0. The summed E-state index contributed by atoms with van der Waals surface area (Å²) in [7, 11) is 0. The van der Waals surface area contributed by atoms with Crippen LogP contribution in [0.3, 0.4) is 0 Å². The molecule has 1 saturated heterocycles. The molecule has 21 heavy (non-hydrogen) atoms. The van der Waals surface area contributed by atoms with Crippen LogP contribution in [0.1, 0.15) is 36.8 Å². The zero-order valence-corrected chi connectivity index (χ0v) is 13.2. The number of aryl methyl sites for hydroxylation is 1. The SMILES string of the molecule is CCN1CCOC(CNCC2CCCc3ccccc32)C1. The van der Waals surface area contributed by atoms with Crippen molar-refractivity contribution in [2.24, 2.45) is 0 Å². The standard InChI is InChI=1S/C18H28N2O/c1-2-20-10-11-21-17(14-20)13-19-12-16-8-5-7-15-6-3-4-9-18(15)16/h3-4,6,9,16-17,19H,2,5,7-8,10-14H2,1H3. The number of rotatable bonds is 5. The molecule has 2 unspecified atom stereocenters. The van der Waals surface area contributed by atoms with E-state index in [2.05, 4.69) is 41.4 Å². The van der Waals surface area contributed by atoms with Gasteiger partial charge in [-0.05, 0) is 42.9 Å². The van der Waals surface area contributed by atoms with E-state index in [0.717, 1.165) is 39.3 Å². The minimum absolute atomic E-state index is 0.359. The first-order valence-electron chi connectivity index (χ1n) is 8.49. The molecule has 1 aromatic carbocycles. The third-order valence-corrected chi connectivity index (χ3v) is 4.93. The van der Waals surface area contributed by atoms with Crippen LogP contribution in [0.4, 0.5) is 0 Å². The predicted molar refractivity (Wildman–Crippen MR) is 86.8 cm³/mol. The highest BCUT2D eigenvalue weighted by molar-refractivity contribution is 5.32. The van der Waals surface area contributed by atoms with Crippen molar-refractivity contribution in [3.63, 3.8) is 0 Å². The molecule has 1 heterocycles. The largest absolute Gasteiger partial charge is 0.374 e. The lowest BCUT2D eigenvalue weighted by Gasteiger charge is -2.33. The van der Waals surface area contributed by atoms with E-state index in [1.54, 1.807) is 11.1 Å². The number of ether oxygens (including phenoxy) is 1. The molecule has 2 atom stereocenters. The van der Waals surface area contributed by atoms with E-state index < -0.39 is 0 Å². The van der Waals surface area contributed by atoms with Gasteiger partial charge in [0.1, 0.15) is 0 Å². The van der Waals surface area contributed by atoms with Crippen molar-refractivity contribution >= 4 is 0 Å². The van der Waals surface area contributed by atoms with Crippen LogP contribution >= 0.6 is 0 Å². The maximum atomic E-state index is 5.86. The Morgan fingerprint density at radius 1 is 1.29 bits per heavy atom. The first-order chi connectivity index (χ1) is 10.4. The van der Waals surface area contributed by atoms with Gasteiger partial charge in [0, 0.05) is 26.2 Å². The van der Waals surface area contributed by atoms with Crippen molar-refractivity contribution in [2.75, 3.05) is 39.3 Å². The van der Waals surface area contributed by atoms with Crippen LogP contribution in [0.25, 0.3) is 0 Å². The van der Waals surface area contributed by atoms with Gasteiger partial charge in [-0.2, -0.15) is 0 Å². The molecule has 0 aromatic heterocycles. The number of hydrogen-bond donors (Lipinski definition) is 1. The van der Waals surface area contributed by atoms with Crippen molar-refractivity contribution in [1.29, 1.82) is 0 Å². The number of nitrogens with zero attached hydrogens (tertiary/aromatic N) is 1. The average molecular weight is 288 g/mol. The number of nitrogens with one attached hydrogen (secondary N) is 1. The fourth-order valence-corrected chi connectivity index (χ4v) is 3.68. The molecular formula is C18H28N2O.